The molecule has 9 heteroatoms. The zero-order chi connectivity index (χ0) is 20.4. The molecule has 2 aliphatic rings. The quantitative estimate of drug-likeness (QED) is 0.749. The Bertz CT molecular complexity index is 875. The lowest BCUT2D eigenvalue weighted by Crippen LogP contribution is -2.41. The van der Waals surface area contributed by atoms with Crippen molar-refractivity contribution in [2.24, 2.45) is 13.0 Å². The van der Waals surface area contributed by atoms with Crippen LogP contribution in [0.1, 0.15) is 39.3 Å². The smallest absolute Gasteiger partial charge is 0.257 e. The third-order valence-electron chi connectivity index (χ3n) is 5.72. The Morgan fingerprint density at radius 2 is 1.90 bits per heavy atom. The Balaban J connectivity index is 1.36. The number of furan rings is 1. The summed E-state index contributed by atoms with van der Waals surface area (Å²) in [6.07, 6.45) is 4.48. The van der Waals surface area contributed by atoms with Gasteiger partial charge in [-0.3, -0.25) is 19.2 Å². The number of Topliss-reactive ketones (excluding diaryl/α,β-unsaturated/α-hetero) is 1. The minimum absolute atomic E-state index is 0.0130. The number of carbonyl (C=O) groups is 2. The van der Waals surface area contributed by atoms with Crippen molar-refractivity contribution in [3.8, 4) is 0 Å². The first-order chi connectivity index (χ1) is 14.0. The van der Waals surface area contributed by atoms with E-state index in [2.05, 4.69) is 10.00 Å². The molecule has 0 aliphatic carbocycles. The number of likely N-dealkylation sites (tertiary alicyclic amines) is 1. The maximum absolute atomic E-state index is 13.0. The van der Waals surface area contributed by atoms with Crippen molar-refractivity contribution in [2.75, 3.05) is 45.1 Å². The molecule has 0 unspecified atom stereocenters. The van der Waals surface area contributed by atoms with Gasteiger partial charge in [-0.05, 0) is 18.9 Å². The van der Waals surface area contributed by atoms with E-state index in [0.717, 1.165) is 13.1 Å². The van der Waals surface area contributed by atoms with E-state index >= 15 is 0 Å². The van der Waals surface area contributed by atoms with E-state index < -0.39 is 0 Å². The lowest BCUT2D eigenvalue weighted by Gasteiger charge is -2.31. The summed E-state index contributed by atoms with van der Waals surface area (Å²) in [4.78, 5) is 29.8. The highest BCUT2D eigenvalue weighted by molar-refractivity contribution is 6.01. The summed E-state index contributed by atoms with van der Waals surface area (Å²) >= 11 is 0. The molecule has 156 valence electrons. The summed E-state index contributed by atoms with van der Waals surface area (Å²) in [7, 11) is 1.74. The average Bonchev–Trinajstić information content (AvgIpc) is 3.33. The number of hydrogen-bond acceptors (Lipinski definition) is 7. The Hall–Kier alpha value is -2.65. The maximum Gasteiger partial charge on any atom is 0.257 e. The minimum atomic E-state index is -0.136. The molecule has 0 atom stereocenters. The standard InChI is InChI=1S/C20H27N5O4/c1-23-12-16(19(21)22-23)18(26)14-2-5-25(6-3-14)20(27)15-4-9-29-17(15)13-24-7-10-28-11-8-24/h4,9,12,14H,2-3,5-8,10-11,13H2,1H3,(H2,21,22). The highest BCUT2D eigenvalue weighted by Crippen LogP contribution is 2.26. The molecule has 0 radical (unpaired) electrons. The first kappa shape index (κ1) is 19.7. The number of piperidine rings is 1. The summed E-state index contributed by atoms with van der Waals surface area (Å²) in [6.45, 7) is 4.75. The van der Waals surface area contributed by atoms with E-state index in [9.17, 15) is 9.59 Å². The number of carbonyl (C=O) groups excluding carboxylic acids is 2. The van der Waals surface area contributed by atoms with Gasteiger partial charge in [-0.25, -0.2) is 0 Å². The number of nitrogens with zero attached hydrogens (tertiary/aromatic N) is 4. The van der Waals surface area contributed by atoms with E-state index in [1.807, 2.05) is 4.90 Å². The van der Waals surface area contributed by atoms with Gasteiger partial charge in [-0.15, -0.1) is 0 Å². The van der Waals surface area contributed by atoms with Crippen LogP contribution in [0.3, 0.4) is 0 Å². The highest BCUT2D eigenvalue weighted by atomic mass is 16.5. The van der Waals surface area contributed by atoms with Crippen LogP contribution >= 0.6 is 0 Å². The number of morpholine rings is 1. The Morgan fingerprint density at radius 1 is 1.17 bits per heavy atom. The predicted octanol–water partition coefficient (Wildman–Crippen LogP) is 1.16. The van der Waals surface area contributed by atoms with Crippen molar-refractivity contribution < 1.29 is 18.7 Å². The largest absolute Gasteiger partial charge is 0.467 e. The second kappa shape index (κ2) is 8.38. The molecule has 2 saturated heterocycles. The summed E-state index contributed by atoms with van der Waals surface area (Å²) in [5, 5.41) is 4.05. The lowest BCUT2D eigenvalue weighted by atomic mass is 9.89. The summed E-state index contributed by atoms with van der Waals surface area (Å²) in [5.74, 6) is 0.802. The molecule has 2 N–H and O–H groups in total. The van der Waals surface area contributed by atoms with E-state index in [0.29, 0.717) is 62.6 Å². The molecule has 2 fully saturated rings. The fourth-order valence-electron chi connectivity index (χ4n) is 4.05. The minimum Gasteiger partial charge on any atom is -0.467 e. The summed E-state index contributed by atoms with van der Waals surface area (Å²) in [6, 6.07) is 1.74. The van der Waals surface area contributed by atoms with Crippen molar-refractivity contribution in [2.45, 2.75) is 19.4 Å². The Kier molecular flexibility index (Phi) is 5.68. The normalized spacial score (nSPS) is 18.9. The maximum atomic E-state index is 13.0. The van der Waals surface area contributed by atoms with Crippen molar-refractivity contribution in [1.82, 2.24) is 19.6 Å². The molecule has 0 saturated carbocycles. The van der Waals surface area contributed by atoms with Crippen LogP contribution in [0.25, 0.3) is 0 Å². The number of nitrogens with two attached hydrogens (primary N) is 1. The molecule has 29 heavy (non-hydrogen) atoms. The molecule has 0 aromatic carbocycles. The fraction of sp³-hybridized carbons (Fsp3) is 0.550. The van der Waals surface area contributed by atoms with Gasteiger partial charge in [0, 0.05) is 45.3 Å². The number of aryl methyl sites for hydroxylation is 1. The molecule has 2 aromatic heterocycles. The zero-order valence-corrected chi connectivity index (χ0v) is 16.7. The van der Waals surface area contributed by atoms with Crippen LogP contribution in [0.2, 0.25) is 0 Å². The number of ketones is 1. The molecule has 9 nitrogen and oxygen atoms in total. The van der Waals surface area contributed by atoms with E-state index in [1.54, 1.807) is 30.3 Å². The summed E-state index contributed by atoms with van der Waals surface area (Å²) < 4.78 is 12.5. The third kappa shape index (κ3) is 4.20. The van der Waals surface area contributed by atoms with E-state index in [4.69, 9.17) is 14.9 Å². The van der Waals surface area contributed by atoms with Crippen LogP contribution in [0.5, 0.6) is 0 Å². The van der Waals surface area contributed by atoms with Crippen molar-refractivity contribution >= 4 is 17.5 Å². The zero-order valence-electron chi connectivity index (χ0n) is 16.7. The second-order valence-electron chi connectivity index (χ2n) is 7.68. The fourth-order valence-corrected chi connectivity index (χ4v) is 4.05. The average molecular weight is 401 g/mol. The highest BCUT2D eigenvalue weighted by Gasteiger charge is 2.31. The van der Waals surface area contributed by atoms with Crippen LogP contribution in [0.15, 0.2) is 22.9 Å². The SMILES string of the molecule is Cn1cc(C(=O)C2CCN(C(=O)c3ccoc3CN3CCOCC3)CC2)c(N)n1. The molecular weight excluding hydrogens is 374 g/mol. The molecule has 0 bridgehead atoms. The van der Waals surface area contributed by atoms with Gasteiger partial charge in [0.1, 0.15) is 5.76 Å². The predicted molar refractivity (Wildman–Crippen MR) is 105 cm³/mol. The number of anilines is 1. The number of amides is 1. The van der Waals surface area contributed by atoms with Crippen molar-refractivity contribution in [3.05, 3.63) is 35.4 Å². The molecule has 4 rings (SSSR count). The monoisotopic (exact) mass is 401 g/mol. The van der Waals surface area contributed by atoms with Gasteiger partial charge >= 0.3 is 0 Å². The number of aromatic nitrogens is 2. The van der Waals surface area contributed by atoms with Crippen molar-refractivity contribution in [3.63, 3.8) is 0 Å². The number of rotatable bonds is 5. The molecule has 2 aromatic rings. The molecule has 1 amide bonds. The summed E-state index contributed by atoms with van der Waals surface area (Å²) in [5.41, 5.74) is 6.92. The first-order valence-electron chi connectivity index (χ1n) is 10.0. The van der Waals surface area contributed by atoms with Gasteiger partial charge in [-0.1, -0.05) is 0 Å². The van der Waals surface area contributed by atoms with Gasteiger partial charge in [0.25, 0.3) is 5.91 Å². The first-order valence-corrected chi connectivity index (χ1v) is 10.0. The van der Waals surface area contributed by atoms with E-state index in [-0.39, 0.29) is 23.4 Å². The molecule has 4 heterocycles. The number of hydrogen-bond donors (Lipinski definition) is 1. The van der Waals surface area contributed by atoms with Crippen LogP contribution in [0, 0.1) is 5.92 Å². The van der Waals surface area contributed by atoms with Crippen LogP contribution in [-0.4, -0.2) is 70.7 Å². The third-order valence-corrected chi connectivity index (χ3v) is 5.72. The van der Waals surface area contributed by atoms with Crippen LogP contribution in [0.4, 0.5) is 5.82 Å². The Labute approximate surface area is 169 Å². The molecule has 2 aliphatic heterocycles. The van der Waals surface area contributed by atoms with Crippen LogP contribution in [-0.2, 0) is 18.3 Å². The van der Waals surface area contributed by atoms with Gasteiger partial charge < -0.3 is 19.8 Å². The van der Waals surface area contributed by atoms with Gasteiger partial charge in [0.05, 0.1) is 37.1 Å². The van der Waals surface area contributed by atoms with Gasteiger partial charge in [-0.2, -0.15) is 5.10 Å². The lowest BCUT2D eigenvalue weighted by molar-refractivity contribution is 0.0310. The second-order valence-corrected chi connectivity index (χ2v) is 7.68. The Morgan fingerprint density at radius 3 is 2.55 bits per heavy atom. The van der Waals surface area contributed by atoms with E-state index in [1.165, 1.54) is 0 Å². The van der Waals surface area contributed by atoms with Gasteiger partial charge in [0.15, 0.2) is 11.6 Å². The van der Waals surface area contributed by atoms with Crippen molar-refractivity contribution in [1.29, 1.82) is 0 Å². The molecular formula is C20H27N5O4. The molecule has 0 spiro atoms. The van der Waals surface area contributed by atoms with Crippen LogP contribution < -0.4 is 5.73 Å². The van der Waals surface area contributed by atoms with Gasteiger partial charge in [0.2, 0.25) is 0 Å². The topological polar surface area (TPSA) is 107 Å². The number of nitrogen functional groups attached to an aromatic ring is 1. The number of ether oxygens (including phenoxy) is 1.